The molecule has 0 radical (unpaired) electrons. The second kappa shape index (κ2) is 15.9. The van der Waals surface area contributed by atoms with Crippen LogP contribution >= 0.6 is 0 Å². The number of carbonyl (C=O) groups is 2. The van der Waals surface area contributed by atoms with E-state index in [2.05, 4.69) is 5.32 Å². The largest absolute Gasteiger partial charge is 0.464 e. The van der Waals surface area contributed by atoms with E-state index in [1.165, 1.54) is 60.7 Å². The van der Waals surface area contributed by atoms with Crippen LogP contribution in [-0.4, -0.2) is 55.4 Å². The number of benzene rings is 3. The van der Waals surface area contributed by atoms with E-state index >= 15 is 4.39 Å². The maximum Gasteiger partial charge on any atom is 0.392 e. The molecule has 0 aliphatic carbocycles. The second-order valence-electron chi connectivity index (χ2n) is 12.0. The van der Waals surface area contributed by atoms with Crippen LogP contribution in [0.4, 0.5) is 26.3 Å². The molecule has 3 aromatic rings. The van der Waals surface area contributed by atoms with Gasteiger partial charge in [-0.25, -0.2) is 13.2 Å². The van der Waals surface area contributed by atoms with Crippen LogP contribution in [0.2, 0.25) is 0 Å². The Bertz CT molecular complexity index is 1450. The fraction of sp³-hybridized carbons (Fsp3) is 0.429. The van der Waals surface area contributed by atoms with Gasteiger partial charge in [-0.2, -0.15) is 13.2 Å². The van der Waals surface area contributed by atoms with Gasteiger partial charge >= 0.3 is 12.1 Å². The van der Waals surface area contributed by atoms with E-state index in [-0.39, 0.29) is 31.3 Å². The average Bonchev–Trinajstić information content (AvgIpc) is 3.01. The van der Waals surface area contributed by atoms with Gasteiger partial charge in [0, 0.05) is 18.9 Å². The molecule has 4 rings (SSSR count). The highest BCUT2D eigenvalue weighted by molar-refractivity contribution is 5.87. The molecule has 47 heavy (non-hydrogen) atoms. The Morgan fingerprint density at radius 3 is 2.13 bits per heavy atom. The fourth-order valence-electron chi connectivity index (χ4n) is 5.66. The Hall–Kier alpha value is -3.74. The molecule has 3 aromatic carbocycles. The van der Waals surface area contributed by atoms with E-state index in [0.29, 0.717) is 35.2 Å². The highest BCUT2D eigenvalue weighted by atomic mass is 19.4. The van der Waals surface area contributed by atoms with E-state index in [9.17, 15) is 31.5 Å². The van der Waals surface area contributed by atoms with E-state index in [0.717, 1.165) is 6.92 Å². The molecule has 12 heteroatoms. The third-order valence-corrected chi connectivity index (χ3v) is 8.52. The summed E-state index contributed by atoms with van der Waals surface area (Å²) in [4.78, 5) is 25.5. The van der Waals surface area contributed by atoms with Gasteiger partial charge in [-0.05, 0) is 72.4 Å². The Kier molecular flexibility index (Phi) is 12.2. The number of hydrogen-bond acceptors (Lipinski definition) is 6. The standard InChI is InChI=1S/C35H38F6N2O4/c1-20(35(39,40)41)16-32(45)46-19-30-21(2)47-27(18-43-30)14-15-28-24(4-3-5-29(28)38)17-31(44)34(42)33(22-6-10-25(36)11-7-22)23-8-12-26(37)13-9-23/h3-13,20-21,27,30,33-34,43H,14-19,42H2,1-2H3/t20-,21+,27-,30-,34-/m1/s1. The monoisotopic (exact) mass is 664 g/mol. The lowest BCUT2D eigenvalue weighted by Crippen LogP contribution is -2.53. The molecule has 1 aliphatic rings. The summed E-state index contributed by atoms with van der Waals surface area (Å²) in [6, 6.07) is 14.0. The maximum absolute atomic E-state index is 15.1. The van der Waals surface area contributed by atoms with Crippen molar-refractivity contribution in [1.29, 1.82) is 0 Å². The lowest BCUT2D eigenvalue weighted by Gasteiger charge is -2.35. The minimum Gasteiger partial charge on any atom is -0.464 e. The molecule has 5 atom stereocenters. The van der Waals surface area contributed by atoms with Gasteiger partial charge in [-0.15, -0.1) is 0 Å². The van der Waals surface area contributed by atoms with E-state index in [1.807, 2.05) is 0 Å². The van der Waals surface area contributed by atoms with Crippen molar-refractivity contribution in [2.24, 2.45) is 11.7 Å². The number of ketones is 1. The quantitative estimate of drug-likeness (QED) is 0.168. The lowest BCUT2D eigenvalue weighted by atomic mass is 9.82. The van der Waals surface area contributed by atoms with E-state index in [4.69, 9.17) is 15.2 Å². The van der Waals surface area contributed by atoms with Crippen LogP contribution in [0.25, 0.3) is 0 Å². The van der Waals surface area contributed by atoms with Gasteiger partial charge in [-0.1, -0.05) is 43.3 Å². The zero-order valence-electron chi connectivity index (χ0n) is 26.0. The van der Waals surface area contributed by atoms with Crippen molar-refractivity contribution in [2.75, 3.05) is 13.2 Å². The van der Waals surface area contributed by atoms with Crippen LogP contribution < -0.4 is 11.1 Å². The summed E-state index contributed by atoms with van der Waals surface area (Å²) in [5.41, 5.74) is 8.43. The summed E-state index contributed by atoms with van der Waals surface area (Å²) >= 11 is 0. The maximum atomic E-state index is 15.1. The van der Waals surface area contributed by atoms with Crippen molar-refractivity contribution in [3.05, 3.63) is 106 Å². The van der Waals surface area contributed by atoms with Crippen molar-refractivity contribution in [2.45, 2.75) is 75.9 Å². The smallest absolute Gasteiger partial charge is 0.392 e. The van der Waals surface area contributed by atoms with Crippen LogP contribution in [0.5, 0.6) is 0 Å². The fourth-order valence-corrected chi connectivity index (χ4v) is 5.66. The van der Waals surface area contributed by atoms with Gasteiger partial charge < -0.3 is 20.5 Å². The predicted octanol–water partition coefficient (Wildman–Crippen LogP) is 6.18. The SMILES string of the molecule is C[C@@H]1O[C@H](CCc2c(F)cccc2CC(=O)[C@@H](N)C(c2ccc(F)cc2)c2ccc(F)cc2)CN[C@@H]1COC(=O)C[C@@H](C)C(F)(F)F. The van der Waals surface area contributed by atoms with Gasteiger partial charge in [0.2, 0.25) is 0 Å². The van der Waals surface area contributed by atoms with Crippen LogP contribution in [0.3, 0.4) is 0 Å². The first-order chi connectivity index (χ1) is 22.2. The van der Waals surface area contributed by atoms with Crippen LogP contribution in [0.15, 0.2) is 66.7 Å². The molecule has 0 aromatic heterocycles. The summed E-state index contributed by atoms with van der Waals surface area (Å²) in [7, 11) is 0. The third-order valence-electron chi connectivity index (χ3n) is 8.52. The molecule has 254 valence electrons. The molecule has 1 fully saturated rings. The average molecular weight is 665 g/mol. The number of ether oxygens (including phenoxy) is 2. The molecule has 0 bridgehead atoms. The zero-order valence-corrected chi connectivity index (χ0v) is 26.0. The molecule has 1 aliphatic heterocycles. The summed E-state index contributed by atoms with van der Waals surface area (Å²) in [6.45, 7) is 2.83. The number of nitrogens with two attached hydrogens (primary N) is 1. The Labute approximate surface area is 269 Å². The van der Waals surface area contributed by atoms with Crippen molar-refractivity contribution in [1.82, 2.24) is 5.32 Å². The summed E-state index contributed by atoms with van der Waals surface area (Å²) in [5, 5.41) is 3.19. The minimum absolute atomic E-state index is 0.159. The van der Waals surface area contributed by atoms with Crippen LogP contribution in [0.1, 0.15) is 54.9 Å². The third kappa shape index (κ3) is 9.88. The summed E-state index contributed by atoms with van der Waals surface area (Å²) < 4.78 is 91.7. The van der Waals surface area contributed by atoms with Crippen molar-refractivity contribution in [3.8, 4) is 0 Å². The first-order valence-corrected chi connectivity index (χ1v) is 15.4. The van der Waals surface area contributed by atoms with Gasteiger partial charge in [0.15, 0.2) is 5.78 Å². The number of halogens is 6. The molecule has 0 unspecified atom stereocenters. The summed E-state index contributed by atoms with van der Waals surface area (Å²) in [6.07, 6.45) is -5.61. The Balaban J connectivity index is 1.37. The number of alkyl halides is 3. The van der Waals surface area contributed by atoms with Gasteiger partial charge in [0.05, 0.1) is 36.6 Å². The van der Waals surface area contributed by atoms with Crippen LogP contribution in [0, 0.1) is 23.4 Å². The Morgan fingerprint density at radius 1 is 0.979 bits per heavy atom. The number of hydrogen-bond donors (Lipinski definition) is 2. The highest BCUT2D eigenvalue weighted by Crippen LogP contribution is 2.30. The predicted molar refractivity (Wildman–Crippen MR) is 163 cm³/mol. The molecule has 1 heterocycles. The van der Waals surface area contributed by atoms with Gasteiger partial charge in [0.25, 0.3) is 0 Å². The molecule has 3 N–H and O–H groups in total. The normalized spacial score (nSPS) is 19.7. The zero-order chi connectivity index (χ0) is 34.3. The van der Waals surface area contributed by atoms with Crippen molar-refractivity contribution >= 4 is 11.8 Å². The molecular weight excluding hydrogens is 626 g/mol. The number of carbonyl (C=O) groups excluding carboxylic acids is 2. The Morgan fingerprint density at radius 2 is 1.57 bits per heavy atom. The van der Waals surface area contributed by atoms with Gasteiger partial charge in [0.1, 0.15) is 24.1 Å². The molecule has 6 nitrogen and oxygen atoms in total. The first kappa shape index (κ1) is 36.1. The van der Waals surface area contributed by atoms with Crippen molar-refractivity contribution < 1.29 is 45.4 Å². The van der Waals surface area contributed by atoms with Crippen LogP contribution in [-0.2, 0) is 31.9 Å². The number of morpholine rings is 1. The summed E-state index contributed by atoms with van der Waals surface area (Å²) in [5.74, 6) is -5.27. The lowest BCUT2D eigenvalue weighted by molar-refractivity contribution is -0.181. The molecular formula is C35H38F6N2O4. The van der Waals surface area contributed by atoms with Crippen molar-refractivity contribution in [3.63, 3.8) is 0 Å². The molecule has 0 amide bonds. The molecule has 1 saturated heterocycles. The van der Waals surface area contributed by atoms with Gasteiger partial charge in [-0.3, -0.25) is 9.59 Å². The minimum atomic E-state index is -4.49. The first-order valence-electron chi connectivity index (χ1n) is 15.4. The highest BCUT2D eigenvalue weighted by Gasteiger charge is 2.38. The molecule has 0 spiro atoms. The topological polar surface area (TPSA) is 90.7 Å². The number of nitrogens with one attached hydrogen (secondary N) is 1. The second-order valence-corrected chi connectivity index (χ2v) is 12.0. The van der Waals surface area contributed by atoms with E-state index < -0.39 is 66.0 Å². The number of rotatable bonds is 13. The molecule has 0 saturated carbocycles. The number of Topliss-reactive ketones (excluding diaryl/α,β-unsaturated/α-hetero) is 1. The van der Waals surface area contributed by atoms with E-state index in [1.54, 1.807) is 13.0 Å². The number of esters is 1.